The van der Waals surface area contributed by atoms with Crippen LogP contribution in [0.15, 0.2) is 36.4 Å². The van der Waals surface area contributed by atoms with E-state index in [1.165, 1.54) is 11.9 Å². The molecule has 2 aromatic carbocycles. The summed E-state index contributed by atoms with van der Waals surface area (Å²) < 4.78 is 123. The second kappa shape index (κ2) is 12.2. The molecule has 0 bridgehead atoms. The minimum absolute atomic E-state index is 0.0433. The maximum absolute atomic E-state index is 13.6. The van der Waals surface area contributed by atoms with Crippen LogP contribution in [0.3, 0.4) is 0 Å². The third-order valence-corrected chi connectivity index (χ3v) is 7.26. The molecule has 0 spiro atoms. The van der Waals surface area contributed by atoms with Crippen molar-refractivity contribution in [2.75, 3.05) is 9.80 Å². The van der Waals surface area contributed by atoms with Gasteiger partial charge in [0.15, 0.2) is 0 Å². The average Bonchev–Trinajstić information content (AvgIpc) is 3.33. The summed E-state index contributed by atoms with van der Waals surface area (Å²) in [7, 11) is 1.33. The van der Waals surface area contributed by atoms with Crippen LogP contribution in [0.25, 0.3) is 0 Å². The minimum Gasteiger partial charge on any atom is -0.406 e. The SMILES string of the molecule is CCC1CC(N(Cc2cc(C(F)(F)F)cc(C(F)(F)F)c2)c2nnn(C)n2)c2cc(OC(F)(F)F)ccc2N1C(=O)C(Cl)(Cl)Cl. The zero-order valence-electron chi connectivity index (χ0n) is 22.8. The molecule has 2 atom stereocenters. The number of ether oxygens (including phenoxy) is 1. The molecule has 0 radical (unpaired) electrons. The molecule has 2 unspecified atom stereocenters. The molecule has 20 heteroatoms. The quantitative estimate of drug-likeness (QED) is 0.192. The lowest BCUT2D eigenvalue weighted by molar-refractivity contribution is -0.274. The summed E-state index contributed by atoms with van der Waals surface area (Å²) in [5.74, 6) is -2.09. The zero-order valence-corrected chi connectivity index (χ0v) is 25.0. The number of carbonyl (C=O) groups is 1. The normalized spacial score (nSPS) is 17.7. The van der Waals surface area contributed by atoms with Gasteiger partial charge in [-0.1, -0.05) is 46.8 Å². The molecule has 8 nitrogen and oxygen atoms in total. The van der Waals surface area contributed by atoms with Crippen molar-refractivity contribution >= 4 is 52.3 Å². The van der Waals surface area contributed by atoms with E-state index in [0.717, 1.165) is 27.9 Å². The first-order valence-corrected chi connectivity index (χ1v) is 13.8. The highest BCUT2D eigenvalue weighted by Crippen LogP contribution is 2.47. The molecule has 246 valence electrons. The molecular weight excluding hydrogens is 694 g/mol. The Labute approximate surface area is 263 Å². The van der Waals surface area contributed by atoms with Crippen molar-refractivity contribution in [1.29, 1.82) is 0 Å². The van der Waals surface area contributed by atoms with Crippen LogP contribution in [-0.4, -0.2) is 42.3 Å². The molecule has 1 aliphatic heterocycles. The van der Waals surface area contributed by atoms with E-state index < -0.39 is 69.5 Å². The van der Waals surface area contributed by atoms with Crippen LogP contribution in [0.2, 0.25) is 0 Å². The fraction of sp³-hybridized carbons (Fsp3) is 0.440. The Morgan fingerprint density at radius 3 is 2.04 bits per heavy atom. The number of alkyl halides is 12. The van der Waals surface area contributed by atoms with Gasteiger partial charge in [-0.05, 0) is 60.0 Å². The monoisotopic (exact) mass is 712 g/mol. The number of fused-ring (bicyclic) bond motifs is 1. The van der Waals surface area contributed by atoms with E-state index in [-0.39, 0.29) is 36.1 Å². The van der Waals surface area contributed by atoms with Crippen molar-refractivity contribution in [2.24, 2.45) is 7.05 Å². The molecule has 0 aliphatic carbocycles. The Bertz CT molecular complexity index is 1520. The average molecular weight is 714 g/mol. The smallest absolute Gasteiger partial charge is 0.406 e. The molecule has 0 saturated heterocycles. The lowest BCUT2D eigenvalue weighted by atomic mass is 9.88. The largest absolute Gasteiger partial charge is 0.573 e. The highest BCUT2D eigenvalue weighted by atomic mass is 35.6. The van der Waals surface area contributed by atoms with Gasteiger partial charge in [-0.15, -0.1) is 18.3 Å². The number of benzene rings is 2. The van der Waals surface area contributed by atoms with Gasteiger partial charge in [0.25, 0.3) is 15.6 Å². The second-order valence-corrected chi connectivity index (χ2v) is 12.2. The number of aromatic nitrogens is 4. The topological polar surface area (TPSA) is 76.4 Å². The van der Waals surface area contributed by atoms with Gasteiger partial charge in [0, 0.05) is 23.8 Å². The standard InChI is InChI=1S/C25H20Cl3F9N6O2/c1-3-15-9-19(17-10-16(45-25(35,36)37)4-5-18(17)43(15)20(44)22(26,27)28)42(21-38-40-41(2)39-21)11-12-6-13(23(29,30)31)8-14(7-12)24(32,33)34/h4-8,10,15,19H,3,9,11H2,1-2H3. The number of hydrogen-bond donors (Lipinski definition) is 0. The summed E-state index contributed by atoms with van der Waals surface area (Å²) in [4.78, 5) is 16.4. The molecule has 0 fully saturated rings. The molecule has 1 aromatic heterocycles. The van der Waals surface area contributed by atoms with Crippen LogP contribution in [0.5, 0.6) is 5.75 Å². The second-order valence-electron chi connectivity index (χ2n) is 9.88. The van der Waals surface area contributed by atoms with E-state index >= 15 is 0 Å². The Kier molecular flexibility index (Phi) is 9.41. The van der Waals surface area contributed by atoms with Crippen molar-refractivity contribution in [1.82, 2.24) is 20.2 Å². The minimum atomic E-state index is -5.15. The molecule has 4 rings (SSSR count). The Morgan fingerprint density at radius 1 is 0.978 bits per heavy atom. The van der Waals surface area contributed by atoms with Gasteiger partial charge in [-0.3, -0.25) is 4.79 Å². The molecule has 45 heavy (non-hydrogen) atoms. The number of aryl methyl sites for hydroxylation is 1. The number of amides is 1. The number of tetrazole rings is 1. The van der Waals surface area contributed by atoms with Crippen LogP contribution in [0, 0.1) is 0 Å². The highest BCUT2D eigenvalue weighted by Gasteiger charge is 2.46. The molecule has 2 heterocycles. The predicted octanol–water partition coefficient (Wildman–Crippen LogP) is 7.78. The summed E-state index contributed by atoms with van der Waals surface area (Å²) in [6.07, 6.45) is -15.5. The third-order valence-electron chi connectivity index (χ3n) is 6.78. The summed E-state index contributed by atoms with van der Waals surface area (Å²) in [5, 5.41) is 11.6. The zero-order chi connectivity index (χ0) is 33.7. The predicted molar refractivity (Wildman–Crippen MR) is 144 cm³/mol. The Hall–Kier alpha value is -3.18. The highest BCUT2D eigenvalue weighted by molar-refractivity contribution is 6.77. The van der Waals surface area contributed by atoms with E-state index in [4.69, 9.17) is 34.8 Å². The molecule has 3 aromatic rings. The summed E-state index contributed by atoms with van der Waals surface area (Å²) in [5.41, 5.74) is -3.80. The van der Waals surface area contributed by atoms with E-state index in [2.05, 4.69) is 20.1 Å². The van der Waals surface area contributed by atoms with Gasteiger partial charge < -0.3 is 14.5 Å². The maximum Gasteiger partial charge on any atom is 0.573 e. The van der Waals surface area contributed by atoms with Gasteiger partial charge in [0.05, 0.1) is 24.2 Å². The van der Waals surface area contributed by atoms with Crippen molar-refractivity contribution in [3.8, 4) is 5.75 Å². The lowest BCUT2D eigenvalue weighted by Crippen LogP contribution is -2.51. The molecule has 0 saturated carbocycles. The van der Waals surface area contributed by atoms with E-state index in [1.54, 1.807) is 6.92 Å². The van der Waals surface area contributed by atoms with Gasteiger partial charge in [-0.2, -0.15) is 31.1 Å². The van der Waals surface area contributed by atoms with Gasteiger partial charge in [0.2, 0.25) is 0 Å². The maximum atomic E-state index is 13.6. The third kappa shape index (κ3) is 7.98. The number of rotatable bonds is 6. The first kappa shape index (κ1) is 34.7. The summed E-state index contributed by atoms with van der Waals surface area (Å²) in [6.45, 7) is 0.932. The van der Waals surface area contributed by atoms with Crippen molar-refractivity contribution < 1.29 is 49.0 Å². The molecule has 1 aliphatic rings. The van der Waals surface area contributed by atoms with Gasteiger partial charge in [0.1, 0.15) is 5.75 Å². The number of carbonyl (C=O) groups excluding carboxylic acids is 1. The van der Waals surface area contributed by atoms with E-state index in [0.29, 0.717) is 12.1 Å². The van der Waals surface area contributed by atoms with Crippen molar-refractivity contribution in [2.45, 2.75) is 60.9 Å². The Balaban J connectivity index is 1.94. The van der Waals surface area contributed by atoms with Crippen LogP contribution in [0.4, 0.5) is 51.1 Å². The number of anilines is 2. The summed E-state index contributed by atoms with van der Waals surface area (Å²) >= 11 is 17.6. The number of hydrogen-bond acceptors (Lipinski definition) is 6. The molecular formula is C25H20Cl3F9N6O2. The van der Waals surface area contributed by atoms with Crippen molar-refractivity contribution in [3.63, 3.8) is 0 Å². The molecule has 1 amide bonds. The van der Waals surface area contributed by atoms with E-state index in [9.17, 15) is 44.3 Å². The Morgan fingerprint density at radius 2 is 1.58 bits per heavy atom. The van der Waals surface area contributed by atoms with Gasteiger partial charge in [-0.25, -0.2) is 0 Å². The summed E-state index contributed by atoms with van der Waals surface area (Å²) in [6, 6.07) is 1.86. The lowest BCUT2D eigenvalue weighted by Gasteiger charge is -2.45. The van der Waals surface area contributed by atoms with Crippen LogP contribution in [0.1, 0.15) is 48.1 Å². The van der Waals surface area contributed by atoms with Crippen LogP contribution in [-0.2, 0) is 30.7 Å². The van der Waals surface area contributed by atoms with Gasteiger partial charge >= 0.3 is 18.7 Å². The van der Waals surface area contributed by atoms with Crippen molar-refractivity contribution in [3.05, 3.63) is 58.7 Å². The van der Waals surface area contributed by atoms with Crippen LogP contribution >= 0.6 is 34.8 Å². The molecule has 0 N–H and O–H groups in total. The number of nitrogens with zero attached hydrogens (tertiary/aromatic N) is 6. The van der Waals surface area contributed by atoms with E-state index in [1.807, 2.05) is 0 Å². The number of halogens is 12. The fourth-order valence-electron chi connectivity index (χ4n) is 4.98. The first-order chi connectivity index (χ1) is 20.6. The fourth-order valence-corrected chi connectivity index (χ4v) is 5.25. The first-order valence-electron chi connectivity index (χ1n) is 12.7. The van der Waals surface area contributed by atoms with Crippen LogP contribution < -0.4 is 14.5 Å².